The molecule has 0 amide bonds. The molecule has 41 heavy (non-hydrogen) atoms. The van der Waals surface area contributed by atoms with E-state index in [0.717, 1.165) is 35.9 Å². The lowest BCUT2D eigenvalue weighted by molar-refractivity contribution is -0.0309. The van der Waals surface area contributed by atoms with Crippen LogP contribution in [0.15, 0.2) is 42.5 Å². The van der Waals surface area contributed by atoms with E-state index in [4.69, 9.17) is 21.3 Å². The molecule has 1 saturated heterocycles. The third kappa shape index (κ3) is 5.98. The number of pyridine rings is 2. The van der Waals surface area contributed by atoms with Crippen molar-refractivity contribution < 1.29 is 21.9 Å². The Morgan fingerprint density at radius 1 is 1.15 bits per heavy atom. The molecule has 1 N–H and O–H groups in total. The van der Waals surface area contributed by atoms with Gasteiger partial charge in [-0.3, -0.25) is 8.87 Å². The molecular formula is C28H29F2N7O3S. The summed E-state index contributed by atoms with van der Waals surface area (Å²) in [5.74, 6) is 0.959. The van der Waals surface area contributed by atoms with Gasteiger partial charge < -0.3 is 14.9 Å². The molecule has 4 aromatic rings. The standard InChI is InChI=1S/C28H29F2N7O3S/c1-17-32-26-22(35-21-12-11-18(27(29)30)14-23(21)36(3)41(4,38)39)16-20(15-19-8-7-9-24(31-2)33-19)34-28(26)37(17)25-10-5-6-13-40-25/h7-9,11-12,14,16,25,27H,5-6,10,13,15H2,1,3-4H3,(H,34,35). The summed E-state index contributed by atoms with van der Waals surface area (Å²) >= 11 is 0. The van der Waals surface area contributed by atoms with Gasteiger partial charge in [-0.05, 0) is 56.5 Å². The molecule has 0 saturated carbocycles. The first kappa shape index (κ1) is 28.4. The second kappa shape index (κ2) is 11.4. The zero-order valence-corrected chi connectivity index (χ0v) is 23.6. The number of nitrogens with one attached hydrogen (secondary N) is 1. The van der Waals surface area contributed by atoms with E-state index in [1.54, 1.807) is 18.2 Å². The summed E-state index contributed by atoms with van der Waals surface area (Å²) in [6.07, 6.45) is 1.07. The summed E-state index contributed by atoms with van der Waals surface area (Å²) < 4.78 is 60.9. The number of hydrogen-bond acceptors (Lipinski definition) is 7. The number of nitrogens with zero attached hydrogens (tertiary/aromatic N) is 6. The number of fused-ring (bicyclic) bond motifs is 1. The Kier molecular flexibility index (Phi) is 7.88. The number of hydrogen-bond donors (Lipinski definition) is 1. The number of anilines is 3. The van der Waals surface area contributed by atoms with E-state index in [-0.39, 0.29) is 23.3 Å². The van der Waals surface area contributed by atoms with Crippen molar-refractivity contribution in [3.63, 3.8) is 0 Å². The quantitative estimate of drug-likeness (QED) is 0.252. The van der Waals surface area contributed by atoms with E-state index in [1.807, 2.05) is 17.6 Å². The van der Waals surface area contributed by atoms with Gasteiger partial charge in [-0.25, -0.2) is 27.2 Å². The lowest BCUT2D eigenvalue weighted by Gasteiger charge is -2.25. The average Bonchev–Trinajstić information content (AvgIpc) is 3.28. The fourth-order valence-electron chi connectivity index (χ4n) is 4.87. The zero-order chi connectivity index (χ0) is 29.3. The van der Waals surface area contributed by atoms with Crippen molar-refractivity contribution in [2.24, 2.45) is 0 Å². The predicted molar refractivity (Wildman–Crippen MR) is 152 cm³/mol. The molecule has 1 aliphatic heterocycles. The third-order valence-electron chi connectivity index (χ3n) is 6.97. The first-order valence-corrected chi connectivity index (χ1v) is 14.9. The number of ether oxygens (including phenoxy) is 1. The number of sulfonamides is 1. The van der Waals surface area contributed by atoms with Gasteiger partial charge in [0.15, 0.2) is 5.65 Å². The van der Waals surface area contributed by atoms with Crippen LogP contribution in [0.3, 0.4) is 0 Å². The van der Waals surface area contributed by atoms with Crippen LogP contribution >= 0.6 is 0 Å². The van der Waals surface area contributed by atoms with Crippen LogP contribution in [0.4, 0.5) is 31.7 Å². The predicted octanol–water partition coefficient (Wildman–Crippen LogP) is 6.05. The molecule has 0 radical (unpaired) electrons. The van der Waals surface area contributed by atoms with Gasteiger partial charge in [0.2, 0.25) is 10.0 Å². The Morgan fingerprint density at radius 2 is 1.95 bits per heavy atom. The summed E-state index contributed by atoms with van der Waals surface area (Å²) in [5.41, 5.74) is 2.93. The third-order valence-corrected chi connectivity index (χ3v) is 8.16. The molecule has 214 valence electrons. The molecule has 0 spiro atoms. The van der Waals surface area contributed by atoms with Crippen LogP contribution in [-0.2, 0) is 21.2 Å². The van der Waals surface area contributed by atoms with E-state index in [0.29, 0.717) is 52.8 Å². The summed E-state index contributed by atoms with van der Waals surface area (Å²) in [6.45, 7) is 9.78. The number of halogens is 2. The SMILES string of the molecule is [C-]#[N+]c1cccc(Cc2cc(Nc3ccc(C(F)F)cc3N(C)S(C)(=O)=O)c3nc(C)n(C4CCCCO4)c3n2)n1. The van der Waals surface area contributed by atoms with E-state index < -0.39 is 16.4 Å². The zero-order valence-electron chi connectivity index (χ0n) is 22.8. The van der Waals surface area contributed by atoms with Gasteiger partial charge in [0.25, 0.3) is 12.2 Å². The summed E-state index contributed by atoms with van der Waals surface area (Å²) in [6, 6.07) is 10.8. The van der Waals surface area contributed by atoms with Gasteiger partial charge in [0, 0.05) is 19.2 Å². The highest BCUT2D eigenvalue weighted by Crippen LogP contribution is 2.37. The first-order chi connectivity index (χ1) is 19.5. The Bertz CT molecular complexity index is 1750. The minimum absolute atomic E-state index is 0.0648. The Hall–Kier alpha value is -4.15. The molecule has 1 unspecified atom stereocenters. The van der Waals surface area contributed by atoms with Crippen molar-refractivity contribution >= 4 is 44.1 Å². The maximum absolute atomic E-state index is 13.6. The Morgan fingerprint density at radius 3 is 2.63 bits per heavy atom. The lowest BCUT2D eigenvalue weighted by Crippen LogP contribution is -2.25. The van der Waals surface area contributed by atoms with Crippen LogP contribution in [-0.4, -0.2) is 47.8 Å². The maximum atomic E-state index is 13.6. The van der Waals surface area contributed by atoms with Gasteiger partial charge in [0.05, 0.1) is 35.4 Å². The Labute approximate surface area is 236 Å². The lowest BCUT2D eigenvalue weighted by atomic mass is 10.1. The summed E-state index contributed by atoms with van der Waals surface area (Å²) in [4.78, 5) is 17.5. The highest BCUT2D eigenvalue weighted by molar-refractivity contribution is 7.92. The van der Waals surface area contributed by atoms with Crippen LogP contribution in [0.5, 0.6) is 0 Å². The second-order valence-corrected chi connectivity index (χ2v) is 11.9. The van der Waals surface area contributed by atoms with E-state index in [9.17, 15) is 17.2 Å². The van der Waals surface area contributed by atoms with E-state index in [2.05, 4.69) is 15.1 Å². The van der Waals surface area contributed by atoms with Crippen molar-refractivity contribution in [2.75, 3.05) is 29.5 Å². The molecule has 1 fully saturated rings. The van der Waals surface area contributed by atoms with E-state index >= 15 is 0 Å². The molecule has 1 aromatic carbocycles. The number of alkyl halides is 2. The Balaban J connectivity index is 1.66. The van der Waals surface area contributed by atoms with Crippen LogP contribution in [0, 0.1) is 13.5 Å². The topological polar surface area (TPSA) is 107 Å². The van der Waals surface area contributed by atoms with Crippen LogP contribution < -0.4 is 9.62 Å². The van der Waals surface area contributed by atoms with Crippen molar-refractivity contribution in [3.8, 4) is 0 Å². The minimum atomic E-state index is -3.76. The second-order valence-electron chi connectivity index (χ2n) is 9.89. The first-order valence-electron chi connectivity index (χ1n) is 13.0. The van der Waals surface area contributed by atoms with Crippen molar-refractivity contribution in [3.05, 3.63) is 76.7 Å². The monoisotopic (exact) mass is 581 g/mol. The molecule has 10 nitrogen and oxygen atoms in total. The highest BCUT2D eigenvalue weighted by atomic mass is 32.2. The van der Waals surface area contributed by atoms with Crippen LogP contribution in [0.2, 0.25) is 0 Å². The number of aromatic nitrogens is 4. The number of imidazole rings is 1. The van der Waals surface area contributed by atoms with Gasteiger partial charge >= 0.3 is 0 Å². The van der Waals surface area contributed by atoms with Gasteiger partial charge in [-0.2, -0.15) is 0 Å². The smallest absolute Gasteiger partial charge is 0.269 e. The fourth-order valence-corrected chi connectivity index (χ4v) is 5.38. The molecule has 1 aliphatic rings. The van der Waals surface area contributed by atoms with E-state index in [1.165, 1.54) is 19.2 Å². The summed E-state index contributed by atoms with van der Waals surface area (Å²) in [7, 11) is -2.45. The van der Waals surface area contributed by atoms with Crippen molar-refractivity contribution in [1.82, 2.24) is 19.5 Å². The van der Waals surface area contributed by atoms with Crippen molar-refractivity contribution in [2.45, 2.75) is 45.3 Å². The average molecular weight is 582 g/mol. The molecule has 0 bridgehead atoms. The number of rotatable bonds is 8. The largest absolute Gasteiger partial charge is 0.361 e. The maximum Gasteiger partial charge on any atom is 0.269 e. The number of benzene rings is 1. The molecule has 1 atom stereocenters. The molecule has 5 rings (SSSR count). The van der Waals surface area contributed by atoms with Gasteiger partial charge in [-0.1, -0.05) is 18.7 Å². The highest BCUT2D eigenvalue weighted by Gasteiger charge is 2.25. The van der Waals surface area contributed by atoms with Gasteiger partial charge in [0.1, 0.15) is 23.3 Å². The minimum Gasteiger partial charge on any atom is -0.361 e. The van der Waals surface area contributed by atoms with Crippen LogP contribution in [0.1, 0.15) is 54.7 Å². The molecule has 0 aliphatic carbocycles. The summed E-state index contributed by atoms with van der Waals surface area (Å²) in [5, 5.41) is 3.25. The van der Waals surface area contributed by atoms with Gasteiger partial charge in [-0.15, -0.1) is 4.98 Å². The molecule has 4 heterocycles. The molecule has 13 heteroatoms. The molecule has 3 aromatic heterocycles. The fraction of sp³-hybridized carbons (Fsp3) is 0.357. The normalized spacial score (nSPS) is 15.7. The van der Waals surface area contributed by atoms with Crippen LogP contribution in [0.25, 0.3) is 16.0 Å². The molecular weight excluding hydrogens is 552 g/mol. The van der Waals surface area contributed by atoms with Crippen molar-refractivity contribution in [1.29, 1.82) is 0 Å². The number of aryl methyl sites for hydroxylation is 1.